The highest BCUT2D eigenvalue weighted by atomic mass is 16.6. The SMILES string of the molecule is CC(C)(C)OC(=O)N1CCCC(Cc2c[nH]c3c(C(N)=O)cc(-c4ccccc4)cc23)C1. The number of ether oxygens (including phenoxy) is 1. The number of fused-ring (bicyclic) bond motifs is 1. The van der Waals surface area contributed by atoms with Crippen molar-refractivity contribution in [2.45, 2.75) is 45.6 Å². The topological polar surface area (TPSA) is 88.4 Å². The van der Waals surface area contributed by atoms with E-state index in [0.717, 1.165) is 53.4 Å². The molecule has 32 heavy (non-hydrogen) atoms. The molecule has 1 atom stereocenters. The van der Waals surface area contributed by atoms with Crippen LogP contribution in [0, 0.1) is 5.92 Å². The van der Waals surface area contributed by atoms with Gasteiger partial charge in [0, 0.05) is 24.7 Å². The molecule has 1 aliphatic heterocycles. The Morgan fingerprint density at radius 3 is 2.59 bits per heavy atom. The molecule has 1 aliphatic rings. The van der Waals surface area contributed by atoms with Crippen LogP contribution in [0.25, 0.3) is 22.0 Å². The standard InChI is InChI=1S/C26H31N3O3/c1-26(2,3)32-25(31)29-11-7-8-17(16-29)12-20-15-28-23-21(20)13-19(14-22(23)24(27)30)18-9-5-4-6-10-18/h4-6,9-10,13-15,17,28H,7-8,11-12,16H2,1-3H3,(H2,27,30). The third kappa shape index (κ3) is 4.79. The van der Waals surface area contributed by atoms with E-state index in [2.05, 4.69) is 11.1 Å². The molecular formula is C26H31N3O3. The maximum absolute atomic E-state index is 12.5. The quantitative estimate of drug-likeness (QED) is 0.598. The van der Waals surface area contributed by atoms with Crippen LogP contribution in [0.15, 0.2) is 48.7 Å². The molecule has 1 saturated heterocycles. The number of H-pyrrole nitrogens is 1. The minimum absolute atomic E-state index is 0.247. The van der Waals surface area contributed by atoms with Gasteiger partial charge in [-0.15, -0.1) is 0 Å². The number of nitrogens with two attached hydrogens (primary N) is 1. The van der Waals surface area contributed by atoms with Gasteiger partial charge in [-0.2, -0.15) is 0 Å². The maximum atomic E-state index is 12.5. The molecule has 0 radical (unpaired) electrons. The number of primary amides is 1. The Morgan fingerprint density at radius 1 is 1.16 bits per heavy atom. The summed E-state index contributed by atoms with van der Waals surface area (Å²) in [6.07, 6.45) is 4.54. The van der Waals surface area contributed by atoms with E-state index >= 15 is 0 Å². The van der Waals surface area contributed by atoms with Gasteiger partial charge < -0.3 is 20.4 Å². The predicted octanol–water partition coefficient (Wildman–Crippen LogP) is 5.12. The van der Waals surface area contributed by atoms with Crippen molar-refractivity contribution in [2.24, 2.45) is 11.7 Å². The molecule has 1 aromatic heterocycles. The number of likely N-dealkylation sites (tertiary alicyclic amines) is 1. The first-order valence-electron chi connectivity index (χ1n) is 11.2. The van der Waals surface area contributed by atoms with Crippen LogP contribution in [0.5, 0.6) is 0 Å². The predicted molar refractivity (Wildman–Crippen MR) is 126 cm³/mol. The zero-order chi connectivity index (χ0) is 22.9. The normalized spacial score (nSPS) is 16.8. The first-order valence-corrected chi connectivity index (χ1v) is 11.2. The average molecular weight is 434 g/mol. The van der Waals surface area contributed by atoms with Crippen LogP contribution in [0.3, 0.4) is 0 Å². The first-order chi connectivity index (χ1) is 15.2. The molecule has 1 unspecified atom stereocenters. The summed E-state index contributed by atoms with van der Waals surface area (Å²) in [4.78, 5) is 29.8. The number of carbonyl (C=O) groups is 2. The third-order valence-electron chi connectivity index (χ3n) is 5.93. The number of aromatic nitrogens is 1. The largest absolute Gasteiger partial charge is 0.444 e. The molecular weight excluding hydrogens is 402 g/mol. The Kier molecular flexibility index (Phi) is 5.96. The van der Waals surface area contributed by atoms with Crippen molar-refractivity contribution in [3.63, 3.8) is 0 Å². The molecule has 2 aromatic carbocycles. The van der Waals surface area contributed by atoms with Crippen LogP contribution in [0.1, 0.15) is 49.5 Å². The molecule has 3 N–H and O–H groups in total. The maximum Gasteiger partial charge on any atom is 0.410 e. The second-order valence-corrected chi connectivity index (χ2v) is 9.63. The first kappa shape index (κ1) is 21.9. The molecule has 168 valence electrons. The number of carbonyl (C=O) groups excluding carboxylic acids is 2. The molecule has 4 rings (SSSR count). The molecule has 0 spiro atoms. The van der Waals surface area contributed by atoms with Gasteiger partial charge >= 0.3 is 6.09 Å². The average Bonchev–Trinajstić information content (AvgIpc) is 3.15. The zero-order valence-corrected chi connectivity index (χ0v) is 19.0. The fourth-order valence-electron chi connectivity index (χ4n) is 4.48. The van der Waals surface area contributed by atoms with Crippen LogP contribution < -0.4 is 5.73 Å². The van der Waals surface area contributed by atoms with Gasteiger partial charge in [0.2, 0.25) is 0 Å². The molecule has 2 amide bonds. The van der Waals surface area contributed by atoms with Crippen molar-refractivity contribution in [3.05, 3.63) is 59.8 Å². The summed E-state index contributed by atoms with van der Waals surface area (Å²) in [5.74, 6) is -0.123. The van der Waals surface area contributed by atoms with Gasteiger partial charge in [-0.25, -0.2) is 4.79 Å². The van der Waals surface area contributed by atoms with E-state index in [-0.39, 0.29) is 6.09 Å². The van der Waals surface area contributed by atoms with Crippen LogP contribution in [-0.4, -0.2) is 40.6 Å². The van der Waals surface area contributed by atoms with Gasteiger partial charge in [-0.05, 0) is 74.8 Å². The van der Waals surface area contributed by atoms with E-state index < -0.39 is 11.5 Å². The minimum atomic E-state index is -0.500. The molecule has 2 heterocycles. The number of rotatable bonds is 4. The van der Waals surface area contributed by atoms with Gasteiger partial charge in [0.05, 0.1) is 11.1 Å². The second-order valence-electron chi connectivity index (χ2n) is 9.63. The minimum Gasteiger partial charge on any atom is -0.444 e. The highest BCUT2D eigenvalue weighted by Crippen LogP contribution is 2.32. The summed E-state index contributed by atoms with van der Waals surface area (Å²) in [5.41, 5.74) is 9.61. The fraction of sp³-hybridized carbons (Fsp3) is 0.385. The van der Waals surface area contributed by atoms with Gasteiger partial charge in [0.25, 0.3) is 5.91 Å². The molecule has 6 nitrogen and oxygen atoms in total. The summed E-state index contributed by atoms with van der Waals surface area (Å²) in [6.45, 7) is 7.06. The van der Waals surface area contributed by atoms with E-state index in [0.29, 0.717) is 18.0 Å². The number of amides is 2. The van der Waals surface area contributed by atoms with Gasteiger partial charge in [0.1, 0.15) is 5.60 Å². The molecule has 0 aliphatic carbocycles. The number of hydrogen-bond donors (Lipinski definition) is 2. The Bertz CT molecular complexity index is 1130. The number of piperidine rings is 1. The van der Waals surface area contributed by atoms with E-state index in [1.165, 1.54) is 0 Å². The summed E-state index contributed by atoms with van der Waals surface area (Å²) in [7, 11) is 0. The molecule has 3 aromatic rings. The van der Waals surface area contributed by atoms with Gasteiger partial charge in [0.15, 0.2) is 0 Å². The summed E-state index contributed by atoms with van der Waals surface area (Å²) in [5, 5.41) is 1.01. The van der Waals surface area contributed by atoms with Crippen molar-refractivity contribution in [3.8, 4) is 11.1 Å². The lowest BCUT2D eigenvalue weighted by atomic mass is 9.90. The monoisotopic (exact) mass is 433 g/mol. The Labute approximate surface area is 188 Å². The molecule has 0 saturated carbocycles. The summed E-state index contributed by atoms with van der Waals surface area (Å²) in [6, 6.07) is 14.0. The fourth-order valence-corrected chi connectivity index (χ4v) is 4.48. The highest BCUT2D eigenvalue weighted by molar-refractivity contribution is 6.07. The second kappa shape index (κ2) is 8.69. The number of nitrogens with one attached hydrogen (secondary N) is 1. The number of nitrogens with zero attached hydrogens (tertiary/aromatic N) is 1. The van der Waals surface area contributed by atoms with E-state index in [1.54, 1.807) is 0 Å². The Morgan fingerprint density at radius 2 is 1.91 bits per heavy atom. The Hall–Kier alpha value is -3.28. The third-order valence-corrected chi connectivity index (χ3v) is 5.93. The number of aromatic amines is 1. The van der Waals surface area contributed by atoms with E-state index in [1.807, 2.05) is 68.3 Å². The van der Waals surface area contributed by atoms with Crippen molar-refractivity contribution >= 4 is 22.9 Å². The van der Waals surface area contributed by atoms with Crippen LogP contribution in [-0.2, 0) is 11.2 Å². The van der Waals surface area contributed by atoms with Crippen molar-refractivity contribution < 1.29 is 14.3 Å². The molecule has 1 fully saturated rings. The lowest BCUT2D eigenvalue weighted by Crippen LogP contribution is -2.43. The Balaban J connectivity index is 1.61. The summed E-state index contributed by atoms with van der Waals surface area (Å²) < 4.78 is 5.57. The number of benzene rings is 2. The zero-order valence-electron chi connectivity index (χ0n) is 19.0. The molecule has 6 heteroatoms. The van der Waals surface area contributed by atoms with Gasteiger partial charge in [-0.1, -0.05) is 30.3 Å². The number of hydrogen-bond acceptors (Lipinski definition) is 3. The van der Waals surface area contributed by atoms with Crippen LogP contribution in [0.4, 0.5) is 4.79 Å². The van der Waals surface area contributed by atoms with E-state index in [9.17, 15) is 9.59 Å². The van der Waals surface area contributed by atoms with Crippen molar-refractivity contribution in [1.82, 2.24) is 9.88 Å². The van der Waals surface area contributed by atoms with E-state index in [4.69, 9.17) is 10.5 Å². The lowest BCUT2D eigenvalue weighted by molar-refractivity contribution is 0.0166. The lowest BCUT2D eigenvalue weighted by Gasteiger charge is -2.34. The molecule has 0 bridgehead atoms. The van der Waals surface area contributed by atoms with Crippen molar-refractivity contribution in [1.29, 1.82) is 0 Å². The van der Waals surface area contributed by atoms with Crippen molar-refractivity contribution in [2.75, 3.05) is 13.1 Å². The van der Waals surface area contributed by atoms with Crippen LogP contribution >= 0.6 is 0 Å². The smallest absolute Gasteiger partial charge is 0.410 e. The highest BCUT2D eigenvalue weighted by Gasteiger charge is 2.28. The van der Waals surface area contributed by atoms with Crippen LogP contribution in [0.2, 0.25) is 0 Å². The summed E-state index contributed by atoms with van der Waals surface area (Å²) >= 11 is 0. The van der Waals surface area contributed by atoms with Gasteiger partial charge in [-0.3, -0.25) is 4.79 Å².